The summed E-state index contributed by atoms with van der Waals surface area (Å²) < 4.78 is 2.06. The van der Waals surface area contributed by atoms with Crippen LogP contribution < -0.4 is 10.6 Å². The van der Waals surface area contributed by atoms with Gasteiger partial charge in [0.15, 0.2) is 0 Å². The van der Waals surface area contributed by atoms with Crippen LogP contribution in [0.5, 0.6) is 0 Å². The highest BCUT2D eigenvalue weighted by molar-refractivity contribution is 5.68. The fraction of sp³-hybridized carbons (Fsp3) is 0.292. The summed E-state index contributed by atoms with van der Waals surface area (Å²) in [6.45, 7) is 7.47. The smallest absolute Gasteiger partial charge is 0.133 e. The van der Waals surface area contributed by atoms with E-state index in [0.29, 0.717) is 17.9 Å². The Kier molecular flexibility index (Phi) is 5.55. The van der Waals surface area contributed by atoms with Crippen LogP contribution in [0, 0.1) is 18.3 Å². The van der Waals surface area contributed by atoms with E-state index in [4.69, 9.17) is 5.73 Å². The van der Waals surface area contributed by atoms with Gasteiger partial charge in [-0.25, -0.2) is 0 Å². The molecule has 0 spiro atoms. The van der Waals surface area contributed by atoms with Gasteiger partial charge in [-0.3, -0.25) is 4.90 Å². The third-order valence-corrected chi connectivity index (χ3v) is 5.59. The normalized spacial score (nSPS) is 14.7. The van der Waals surface area contributed by atoms with Gasteiger partial charge in [-0.2, -0.15) is 5.26 Å². The van der Waals surface area contributed by atoms with Crippen molar-refractivity contribution in [2.45, 2.75) is 20.0 Å². The highest BCUT2D eigenvalue weighted by Crippen LogP contribution is 2.30. The van der Waals surface area contributed by atoms with E-state index in [1.54, 1.807) is 6.07 Å². The zero-order valence-electron chi connectivity index (χ0n) is 16.9. The van der Waals surface area contributed by atoms with Gasteiger partial charge >= 0.3 is 0 Å². The Morgan fingerprint density at radius 1 is 0.897 bits per heavy atom. The number of anilines is 2. The molecule has 2 N–H and O–H groups in total. The maximum Gasteiger partial charge on any atom is 0.133 e. The second-order valence-corrected chi connectivity index (χ2v) is 7.74. The molecule has 0 radical (unpaired) electrons. The van der Waals surface area contributed by atoms with Gasteiger partial charge in [0.2, 0.25) is 0 Å². The van der Waals surface area contributed by atoms with Crippen LogP contribution in [0.25, 0.3) is 0 Å². The molecule has 148 valence electrons. The number of hydrogen-bond donors (Lipinski definition) is 1. The van der Waals surface area contributed by atoms with Crippen molar-refractivity contribution in [3.8, 4) is 6.07 Å². The predicted octanol–water partition coefficient (Wildman–Crippen LogP) is 3.62. The van der Waals surface area contributed by atoms with Crippen LogP contribution in [0.2, 0.25) is 0 Å². The molecule has 2 aromatic carbocycles. The Bertz CT molecular complexity index is 990. The molecule has 3 aromatic rings. The number of nitrogen functional groups attached to an aromatic ring is 1. The number of nitriles is 1. The molecule has 1 aliphatic heterocycles. The Morgan fingerprint density at radius 2 is 1.55 bits per heavy atom. The molecule has 5 heteroatoms. The highest BCUT2D eigenvalue weighted by atomic mass is 15.3. The van der Waals surface area contributed by atoms with Crippen molar-refractivity contribution < 1.29 is 0 Å². The Balaban J connectivity index is 1.50. The number of nitrogens with two attached hydrogens (primary N) is 1. The number of aryl methyl sites for hydroxylation is 1. The monoisotopic (exact) mass is 385 g/mol. The predicted molar refractivity (Wildman–Crippen MR) is 118 cm³/mol. The number of benzene rings is 2. The van der Waals surface area contributed by atoms with E-state index in [0.717, 1.165) is 38.5 Å². The van der Waals surface area contributed by atoms with Crippen LogP contribution in [0.3, 0.4) is 0 Å². The molecule has 1 aromatic heterocycles. The zero-order valence-corrected chi connectivity index (χ0v) is 16.9. The summed E-state index contributed by atoms with van der Waals surface area (Å²) >= 11 is 0. The van der Waals surface area contributed by atoms with E-state index in [1.165, 1.54) is 16.7 Å². The van der Waals surface area contributed by atoms with Crippen LogP contribution in [0.4, 0.5) is 11.5 Å². The van der Waals surface area contributed by atoms with Gasteiger partial charge in [-0.1, -0.05) is 60.2 Å². The van der Waals surface area contributed by atoms with Crippen molar-refractivity contribution in [3.05, 3.63) is 83.0 Å². The Hall–Kier alpha value is -3.23. The second kappa shape index (κ2) is 8.42. The van der Waals surface area contributed by atoms with Crippen molar-refractivity contribution in [2.24, 2.45) is 0 Å². The fourth-order valence-corrected chi connectivity index (χ4v) is 4.00. The van der Waals surface area contributed by atoms with Gasteiger partial charge in [0.25, 0.3) is 0 Å². The summed E-state index contributed by atoms with van der Waals surface area (Å²) in [6, 6.07) is 23.2. The largest absolute Gasteiger partial charge is 0.396 e. The van der Waals surface area contributed by atoms with Crippen LogP contribution in [0.15, 0.2) is 60.7 Å². The lowest BCUT2D eigenvalue weighted by atomic mass is 10.1. The topological polar surface area (TPSA) is 61.2 Å². The summed E-state index contributed by atoms with van der Waals surface area (Å²) in [5, 5.41) is 9.63. The molecule has 0 saturated carbocycles. The maximum absolute atomic E-state index is 9.63. The van der Waals surface area contributed by atoms with Crippen molar-refractivity contribution in [3.63, 3.8) is 0 Å². The van der Waals surface area contributed by atoms with E-state index in [1.807, 2.05) is 0 Å². The molecule has 5 nitrogen and oxygen atoms in total. The third kappa shape index (κ3) is 4.28. The third-order valence-electron chi connectivity index (χ3n) is 5.59. The maximum atomic E-state index is 9.63. The summed E-state index contributed by atoms with van der Waals surface area (Å²) in [4.78, 5) is 4.80. The molecule has 0 amide bonds. The lowest BCUT2D eigenvalue weighted by molar-refractivity contribution is 0.249. The summed E-state index contributed by atoms with van der Waals surface area (Å²) in [5.74, 6) is 0.974. The molecule has 1 saturated heterocycles. The number of aromatic nitrogens is 1. The first-order valence-corrected chi connectivity index (χ1v) is 10.1. The van der Waals surface area contributed by atoms with Gasteiger partial charge in [0, 0.05) is 32.7 Å². The first-order valence-electron chi connectivity index (χ1n) is 10.1. The van der Waals surface area contributed by atoms with Gasteiger partial charge < -0.3 is 15.2 Å². The van der Waals surface area contributed by atoms with E-state index in [-0.39, 0.29) is 0 Å². The van der Waals surface area contributed by atoms with Crippen molar-refractivity contribution in [1.29, 1.82) is 5.26 Å². The van der Waals surface area contributed by atoms with Gasteiger partial charge in [-0.15, -0.1) is 0 Å². The first-order chi connectivity index (χ1) is 14.1. The molecule has 0 atom stereocenters. The van der Waals surface area contributed by atoms with Gasteiger partial charge in [-0.05, 0) is 24.1 Å². The van der Waals surface area contributed by atoms with Crippen molar-refractivity contribution in [2.75, 3.05) is 36.8 Å². The molecular formula is C24H27N5. The molecule has 4 rings (SSSR count). The fourth-order valence-electron chi connectivity index (χ4n) is 4.00. The lowest BCUT2D eigenvalue weighted by Gasteiger charge is -2.36. The van der Waals surface area contributed by atoms with Gasteiger partial charge in [0.1, 0.15) is 17.6 Å². The lowest BCUT2D eigenvalue weighted by Crippen LogP contribution is -2.46. The molecule has 1 fully saturated rings. The number of hydrogen-bond acceptors (Lipinski definition) is 4. The first kappa shape index (κ1) is 19.1. The van der Waals surface area contributed by atoms with Crippen LogP contribution in [-0.2, 0) is 13.1 Å². The molecular weight excluding hydrogens is 358 g/mol. The SMILES string of the molecule is Cc1ccc(Cn2c(C#N)cc(N)c2N2CCN(Cc3ccccc3)CC2)cc1. The van der Waals surface area contributed by atoms with Crippen LogP contribution in [-0.4, -0.2) is 35.6 Å². The standard InChI is InChI=1S/C24H27N5/c1-19-7-9-21(10-8-19)18-29-22(16-25)15-23(26)24(29)28-13-11-27(12-14-28)17-20-5-3-2-4-6-20/h2-10,15H,11-14,17-18,26H2,1H3. The van der Waals surface area contributed by atoms with E-state index in [9.17, 15) is 5.26 Å². The minimum Gasteiger partial charge on any atom is -0.396 e. The zero-order chi connectivity index (χ0) is 20.2. The van der Waals surface area contributed by atoms with E-state index in [2.05, 4.69) is 82.0 Å². The number of nitrogens with zero attached hydrogens (tertiary/aromatic N) is 4. The minimum atomic E-state index is 0.616. The van der Waals surface area contributed by atoms with E-state index >= 15 is 0 Å². The molecule has 29 heavy (non-hydrogen) atoms. The average Bonchev–Trinajstić information content (AvgIpc) is 3.06. The van der Waals surface area contributed by atoms with Crippen molar-refractivity contribution in [1.82, 2.24) is 9.47 Å². The number of piperazine rings is 1. The average molecular weight is 386 g/mol. The molecule has 0 unspecified atom stereocenters. The Labute approximate surface area is 172 Å². The molecule has 1 aliphatic rings. The number of rotatable bonds is 5. The van der Waals surface area contributed by atoms with Crippen LogP contribution >= 0.6 is 0 Å². The van der Waals surface area contributed by atoms with E-state index < -0.39 is 0 Å². The van der Waals surface area contributed by atoms with Gasteiger partial charge in [0.05, 0.1) is 12.2 Å². The quantitative estimate of drug-likeness (QED) is 0.729. The van der Waals surface area contributed by atoms with Crippen molar-refractivity contribution >= 4 is 11.5 Å². The molecule has 0 aliphatic carbocycles. The molecule has 2 heterocycles. The molecule has 0 bridgehead atoms. The minimum absolute atomic E-state index is 0.616. The summed E-state index contributed by atoms with van der Waals surface area (Å²) in [7, 11) is 0. The summed E-state index contributed by atoms with van der Waals surface area (Å²) in [6.07, 6.45) is 0. The second-order valence-electron chi connectivity index (χ2n) is 7.74. The summed E-state index contributed by atoms with van der Waals surface area (Å²) in [5.41, 5.74) is 11.4. The highest BCUT2D eigenvalue weighted by Gasteiger charge is 2.23. The Morgan fingerprint density at radius 3 is 2.21 bits per heavy atom. The van der Waals surface area contributed by atoms with Crippen LogP contribution in [0.1, 0.15) is 22.4 Å².